The summed E-state index contributed by atoms with van der Waals surface area (Å²) in [6.07, 6.45) is 2.47. The van der Waals surface area contributed by atoms with Crippen LogP contribution in [0.15, 0.2) is 48.5 Å². The van der Waals surface area contributed by atoms with E-state index in [1.807, 2.05) is 12.1 Å². The first kappa shape index (κ1) is 19.0. The Morgan fingerprint density at radius 1 is 1.07 bits per heavy atom. The molecule has 1 atom stereocenters. The van der Waals surface area contributed by atoms with Crippen molar-refractivity contribution < 1.29 is 14.0 Å². The van der Waals surface area contributed by atoms with E-state index in [2.05, 4.69) is 10.6 Å². The van der Waals surface area contributed by atoms with Gasteiger partial charge in [0.25, 0.3) is 0 Å². The molecule has 2 aromatic carbocycles. The van der Waals surface area contributed by atoms with Gasteiger partial charge in [-0.25, -0.2) is 4.39 Å². The minimum atomic E-state index is -0.533. The SMILES string of the molecule is CN(C)C(C(=O)Nc1ccc(CC(=O)NC2CC2)cc1)c1ccc(F)cc1. The van der Waals surface area contributed by atoms with Crippen LogP contribution in [0.5, 0.6) is 0 Å². The number of rotatable bonds is 7. The van der Waals surface area contributed by atoms with E-state index >= 15 is 0 Å². The lowest BCUT2D eigenvalue weighted by Crippen LogP contribution is -2.32. The van der Waals surface area contributed by atoms with Crippen molar-refractivity contribution in [1.82, 2.24) is 10.2 Å². The molecule has 0 aromatic heterocycles. The predicted octanol–water partition coefficient (Wildman–Crippen LogP) is 2.89. The highest BCUT2D eigenvalue weighted by Gasteiger charge is 2.24. The van der Waals surface area contributed by atoms with Gasteiger partial charge in [0.2, 0.25) is 11.8 Å². The van der Waals surface area contributed by atoms with Crippen molar-refractivity contribution in [2.24, 2.45) is 0 Å². The van der Waals surface area contributed by atoms with E-state index in [1.165, 1.54) is 12.1 Å². The maximum absolute atomic E-state index is 13.2. The first-order valence-electron chi connectivity index (χ1n) is 9.03. The molecule has 0 spiro atoms. The smallest absolute Gasteiger partial charge is 0.246 e. The predicted molar refractivity (Wildman–Crippen MR) is 103 cm³/mol. The summed E-state index contributed by atoms with van der Waals surface area (Å²) >= 11 is 0. The highest BCUT2D eigenvalue weighted by molar-refractivity contribution is 5.95. The molecule has 27 heavy (non-hydrogen) atoms. The van der Waals surface area contributed by atoms with Gasteiger partial charge < -0.3 is 10.6 Å². The van der Waals surface area contributed by atoms with Crippen LogP contribution in [0, 0.1) is 5.82 Å². The molecule has 0 heterocycles. The Morgan fingerprint density at radius 2 is 1.70 bits per heavy atom. The lowest BCUT2D eigenvalue weighted by molar-refractivity contribution is -0.121. The molecule has 6 heteroatoms. The van der Waals surface area contributed by atoms with E-state index in [0.717, 1.165) is 18.4 Å². The molecule has 1 aliphatic carbocycles. The van der Waals surface area contributed by atoms with Crippen LogP contribution in [0.3, 0.4) is 0 Å². The number of likely N-dealkylation sites (N-methyl/N-ethyl adjacent to an activating group) is 1. The quantitative estimate of drug-likeness (QED) is 0.789. The van der Waals surface area contributed by atoms with E-state index < -0.39 is 6.04 Å². The van der Waals surface area contributed by atoms with Gasteiger partial charge in [0, 0.05) is 11.7 Å². The molecule has 0 bridgehead atoms. The van der Waals surface area contributed by atoms with E-state index in [9.17, 15) is 14.0 Å². The summed E-state index contributed by atoms with van der Waals surface area (Å²) in [6.45, 7) is 0. The number of amides is 2. The number of hydrogen-bond acceptors (Lipinski definition) is 3. The minimum Gasteiger partial charge on any atom is -0.353 e. The molecule has 0 radical (unpaired) electrons. The zero-order valence-electron chi connectivity index (χ0n) is 15.5. The van der Waals surface area contributed by atoms with Crippen LogP contribution < -0.4 is 10.6 Å². The number of benzene rings is 2. The summed E-state index contributed by atoms with van der Waals surface area (Å²) in [7, 11) is 3.60. The van der Waals surface area contributed by atoms with Crippen molar-refractivity contribution in [1.29, 1.82) is 0 Å². The van der Waals surface area contributed by atoms with E-state index in [-0.39, 0.29) is 17.6 Å². The first-order valence-corrected chi connectivity index (χ1v) is 9.03. The normalized spacial score (nSPS) is 14.7. The molecule has 3 rings (SSSR count). The van der Waals surface area contributed by atoms with Crippen molar-refractivity contribution in [3.63, 3.8) is 0 Å². The van der Waals surface area contributed by atoms with Gasteiger partial charge in [-0.2, -0.15) is 0 Å². The number of carbonyl (C=O) groups excluding carboxylic acids is 2. The summed E-state index contributed by atoms with van der Waals surface area (Å²) in [5, 5.41) is 5.84. The fourth-order valence-electron chi connectivity index (χ4n) is 2.94. The van der Waals surface area contributed by atoms with Gasteiger partial charge in [-0.1, -0.05) is 24.3 Å². The molecule has 0 aliphatic heterocycles. The zero-order chi connectivity index (χ0) is 19.4. The highest BCUT2D eigenvalue weighted by atomic mass is 19.1. The third kappa shape index (κ3) is 5.37. The average Bonchev–Trinajstić information content (AvgIpc) is 3.42. The molecule has 2 aromatic rings. The Bertz CT molecular complexity index is 799. The molecule has 2 N–H and O–H groups in total. The van der Waals surface area contributed by atoms with Crippen LogP contribution in [-0.2, 0) is 16.0 Å². The maximum Gasteiger partial charge on any atom is 0.246 e. The summed E-state index contributed by atoms with van der Waals surface area (Å²) in [4.78, 5) is 26.4. The van der Waals surface area contributed by atoms with Crippen LogP contribution in [-0.4, -0.2) is 36.9 Å². The van der Waals surface area contributed by atoms with Gasteiger partial charge in [-0.3, -0.25) is 14.5 Å². The third-order valence-electron chi connectivity index (χ3n) is 4.48. The van der Waals surface area contributed by atoms with Crippen molar-refractivity contribution >= 4 is 17.5 Å². The first-order chi connectivity index (χ1) is 12.9. The lowest BCUT2D eigenvalue weighted by atomic mass is 10.0. The molecule has 1 saturated carbocycles. The summed E-state index contributed by atoms with van der Waals surface area (Å²) in [5.74, 6) is -0.512. The number of halogens is 1. The number of nitrogens with zero attached hydrogens (tertiary/aromatic N) is 1. The number of carbonyl (C=O) groups is 2. The maximum atomic E-state index is 13.2. The topological polar surface area (TPSA) is 61.4 Å². The minimum absolute atomic E-state index is 0.0262. The molecule has 2 amide bonds. The average molecular weight is 369 g/mol. The summed E-state index contributed by atoms with van der Waals surface area (Å²) in [5.41, 5.74) is 2.27. The van der Waals surface area contributed by atoms with Crippen molar-refractivity contribution in [3.8, 4) is 0 Å². The Labute approximate surface area is 158 Å². The van der Waals surface area contributed by atoms with Crippen LogP contribution in [0.4, 0.5) is 10.1 Å². The van der Waals surface area contributed by atoms with Crippen LogP contribution in [0.2, 0.25) is 0 Å². The number of anilines is 1. The summed E-state index contributed by atoms with van der Waals surface area (Å²) < 4.78 is 13.2. The molecule has 142 valence electrons. The second-order valence-corrected chi connectivity index (χ2v) is 7.12. The molecule has 0 saturated heterocycles. The molecule has 5 nitrogen and oxygen atoms in total. The molecular formula is C21H24FN3O2. The molecule has 1 fully saturated rings. The number of nitrogens with one attached hydrogen (secondary N) is 2. The largest absolute Gasteiger partial charge is 0.353 e. The highest BCUT2D eigenvalue weighted by Crippen LogP contribution is 2.22. The van der Waals surface area contributed by atoms with Crippen LogP contribution in [0.25, 0.3) is 0 Å². The molecular weight excluding hydrogens is 345 g/mol. The van der Waals surface area contributed by atoms with Crippen LogP contribution >= 0.6 is 0 Å². The Balaban J connectivity index is 1.63. The standard InChI is InChI=1S/C21H24FN3O2/c1-25(2)20(15-5-7-16(22)8-6-15)21(27)24-18-9-3-14(4-10-18)13-19(26)23-17-11-12-17/h3-10,17,20H,11-13H2,1-2H3,(H,23,26)(H,24,27). The van der Waals surface area contributed by atoms with Gasteiger partial charge in [0.1, 0.15) is 11.9 Å². The van der Waals surface area contributed by atoms with E-state index in [4.69, 9.17) is 0 Å². The van der Waals surface area contributed by atoms with Crippen molar-refractivity contribution in [2.45, 2.75) is 31.3 Å². The van der Waals surface area contributed by atoms with Crippen LogP contribution in [0.1, 0.15) is 30.0 Å². The second kappa shape index (κ2) is 8.31. The fourth-order valence-corrected chi connectivity index (χ4v) is 2.94. The lowest BCUT2D eigenvalue weighted by Gasteiger charge is -2.24. The van der Waals surface area contributed by atoms with Gasteiger partial charge in [-0.05, 0) is 62.3 Å². The van der Waals surface area contributed by atoms with Gasteiger partial charge in [0.05, 0.1) is 6.42 Å². The summed E-state index contributed by atoms with van der Waals surface area (Å²) in [6, 6.07) is 13.0. The second-order valence-electron chi connectivity index (χ2n) is 7.12. The third-order valence-corrected chi connectivity index (χ3v) is 4.48. The molecule has 1 unspecified atom stereocenters. The van der Waals surface area contributed by atoms with Gasteiger partial charge >= 0.3 is 0 Å². The Hall–Kier alpha value is -2.73. The van der Waals surface area contributed by atoms with E-state index in [0.29, 0.717) is 23.7 Å². The zero-order valence-corrected chi connectivity index (χ0v) is 15.5. The van der Waals surface area contributed by atoms with Gasteiger partial charge in [-0.15, -0.1) is 0 Å². The Kier molecular flexibility index (Phi) is 5.86. The monoisotopic (exact) mass is 369 g/mol. The van der Waals surface area contributed by atoms with Crippen molar-refractivity contribution in [3.05, 3.63) is 65.5 Å². The Morgan fingerprint density at radius 3 is 2.26 bits per heavy atom. The molecule has 1 aliphatic rings. The van der Waals surface area contributed by atoms with Gasteiger partial charge in [0.15, 0.2) is 0 Å². The number of hydrogen-bond donors (Lipinski definition) is 2. The van der Waals surface area contributed by atoms with E-state index in [1.54, 1.807) is 43.3 Å². The fraction of sp³-hybridized carbons (Fsp3) is 0.333. The van der Waals surface area contributed by atoms with Crippen molar-refractivity contribution in [2.75, 3.05) is 19.4 Å².